The van der Waals surface area contributed by atoms with Crippen molar-refractivity contribution >= 4 is 35.4 Å². The summed E-state index contributed by atoms with van der Waals surface area (Å²) >= 11 is 6.78. The van der Waals surface area contributed by atoms with Crippen LogP contribution in [0.5, 0.6) is 11.5 Å². The van der Waals surface area contributed by atoms with Crippen molar-refractivity contribution in [1.82, 2.24) is 10.2 Å². The number of aliphatic carboxylic acids is 1. The molecule has 0 amide bonds. The number of carboxylic acids is 1. The first-order valence-corrected chi connectivity index (χ1v) is 12.5. The second-order valence-electron chi connectivity index (χ2n) is 8.37. The molecule has 0 aliphatic rings. The number of rotatable bonds is 9. The van der Waals surface area contributed by atoms with Crippen LogP contribution in [-0.2, 0) is 11.4 Å². The van der Waals surface area contributed by atoms with E-state index in [1.165, 1.54) is 22.8 Å². The number of aromatic nitrogens is 2. The Morgan fingerprint density at radius 2 is 1.73 bits per heavy atom. The monoisotopic (exact) mass is 536 g/mol. The van der Waals surface area contributed by atoms with Gasteiger partial charge in [-0.25, -0.2) is 4.79 Å². The topological polar surface area (TPSA) is 94.7 Å². The molecule has 0 radical (unpaired) electrons. The average molecular weight is 537 g/mol. The molecule has 37 heavy (non-hydrogen) atoms. The average Bonchev–Trinajstić information content (AvgIpc) is 3.32. The number of thioether (sulfide) groups is 1. The van der Waals surface area contributed by atoms with Crippen LogP contribution in [0.25, 0.3) is 17.5 Å². The molecule has 190 valence electrons. The Morgan fingerprint density at radius 3 is 2.38 bits per heavy atom. The van der Waals surface area contributed by atoms with Gasteiger partial charge in [-0.05, 0) is 97.3 Å². The van der Waals surface area contributed by atoms with E-state index in [0.29, 0.717) is 34.3 Å². The fourth-order valence-electron chi connectivity index (χ4n) is 3.82. The Bertz CT molecular complexity index is 1440. The highest BCUT2D eigenvalue weighted by atomic mass is 35.5. The van der Waals surface area contributed by atoms with Gasteiger partial charge in [-0.3, -0.25) is 0 Å². The van der Waals surface area contributed by atoms with E-state index in [9.17, 15) is 9.90 Å². The van der Waals surface area contributed by atoms with Crippen molar-refractivity contribution in [1.29, 1.82) is 0 Å². The number of methoxy groups -OCH3 is 1. The molecule has 0 saturated carbocycles. The zero-order valence-electron chi connectivity index (χ0n) is 20.7. The Labute approximate surface area is 224 Å². The molecule has 1 N–H and O–H groups in total. The predicted molar refractivity (Wildman–Crippen MR) is 144 cm³/mol. The van der Waals surface area contributed by atoms with E-state index in [2.05, 4.69) is 43.1 Å². The van der Waals surface area contributed by atoms with Crippen molar-refractivity contribution in [3.63, 3.8) is 0 Å². The maximum Gasteiger partial charge on any atom is 0.342 e. The van der Waals surface area contributed by atoms with Gasteiger partial charge in [0.25, 0.3) is 5.22 Å². The third-order valence-electron chi connectivity index (χ3n) is 5.60. The largest absolute Gasteiger partial charge is 0.493 e. The molecule has 7 nitrogen and oxygen atoms in total. The lowest BCUT2D eigenvalue weighted by Gasteiger charge is -2.15. The Hall–Kier alpha value is -3.75. The van der Waals surface area contributed by atoms with Crippen LogP contribution in [-0.4, -0.2) is 28.4 Å². The number of nitrogens with zero attached hydrogens (tertiary/aromatic N) is 2. The highest BCUT2D eigenvalue weighted by Gasteiger charge is 2.17. The van der Waals surface area contributed by atoms with Crippen molar-refractivity contribution in [2.75, 3.05) is 7.11 Å². The summed E-state index contributed by atoms with van der Waals surface area (Å²) in [5.74, 6) is 0.203. The van der Waals surface area contributed by atoms with Crippen LogP contribution in [0.2, 0.25) is 5.02 Å². The Kier molecular flexibility index (Phi) is 8.21. The highest BCUT2D eigenvalue weighted by molar-refractivity contribution is 8.03. The fourth-order valence-corrected chi connectivity index (χ4v) is 4.62. The van der Waals surface area contributed by atoms with Gasteiger partial charge in [0.05, 0.1) is 7.11 Å². The Morgan fingerprint density at radius 1 is 1.03 bits per heavy atom. The van der Waals surface area contributed by atoms with Gasteiger partial charge < -0.3 is 19.0 Å². The third kappa shape index (κ3) is 6.53. The van der Waals surface area contributed by atoms with Gasteiger partial charge >= 0.3 is 5.97 Å². The van der Waals surface area contributed by atoms with Gasteiger partial charge in [-0.2, -0.15) is 0 Å². The molecule has 0 saturated heterocycles. The smallest absolute Gasteiger partial charge is 0.342 e. The first-order chi connectivity index (χ1) is 17.7. The van der Waals surface area contributed by atoms with Crippen LogP contribution in [0.1, 0.15) is 27.8 Å². The molecule has 0 unspecified atom stereocenters. The second-order valence-corrected chi connectivity index (χ2v) is 9.80. The lowest BCUT2D eigenvalue weighted by molar-refractivity contribution is -0.131. The van der Waals surface area contributed by atoms with Crippen LogP contribution in [0.3, 0.4) is 0 Å². The summed E-state index contributed by atoms with van der Waals surface area (Å²) in [7, 11) is 1.54. The number of ether oxygens (including phenoxy) is 2. The van der Waals surface area contributed by atoms with Gasteiger partial charge in [0.1, 0.15) is 11.5 Å². The molecule has 0 bridgehead atoms. The minimum absolute atomic E-state index is 0.00734. The zero-order chi connectivity index (χ0) is 26.5. The number of carbonyl (C=O) groups is 1. The van der Waals surface area contributed by atoms with E-state index in [-0.39, 0.29) is 16.0 Å². The fraction of sp³-hybridized carbons (Fsp3) is 0.179. The third-order valence-corrected chi connectivity index (χ3v) is 6.71. The summed E-state index contributed by atoms with van der Waals surface area (Å²) in [6, 6.07) is 16.4. The quantitative estimate of drug-likeness (QED) is 0.178. The number of carboxylic acid groups (broad SMARTS) is 1. The number of benzene rings is 3. The van der Waals surface area contributed by atoms with Crippen molar-refractivity contribution in [3.05, 3.63) is 92.3 Å². The van der Waals surface area contributed by atoms with Crippen molar-refractivity contribution in [2.24, 2.45) is 0 Å². The lowest BCUT2D eigenvalue weighted by atomic mass is 10.0. The van der Waals surface area contributed by atoms with Crippen molar-refractivity contribution < 1.29 is 23.8 Å². The molecule has 0 atom stereocenters. The molecule has 1 aromatic heterocycles. The maximum absolute atomic E-state index is 11.9. The molecule has 4 rings (SSSR count). The minimum atomic E-state index is -1.12. The molecular weight excluding hydrogens is 512 g/mol. The number of hydrogen-bond donors (Lipinski definition) is 1. The van der Waals surface area contributed by atoms with Gasteiger partial charge in [0.15, 0.2) is 11.5 Å². The van der Waals surface area contributed by atoms with Crippen LogP contribution in [0, 0.1) is 20.8 Å². The molecule has 0 fully saturated rings. The summed E-state index contributed by atoms with van der Waals surface area (Å²) in [5, 5.41) is 18.4. The normalized spacial score (nSPS) is 11.4. The van der Waals surface area contributed by atoms with E-state index >= 15 is 0 Å². The predicted octanol–water partition coefficient (Wildman–Crippen LogP) is 7.12. The zero-order valence-corrected chi connectivity index (χ0v) is 22.3. The first kappa shape index (κ1) is 26.3. The SMILES string of the molecule is COc1cc(/C=C(\Sc2nnc(-c3ccc(Cl)cc3)o2)C(=O)O)ccc1OCc1c(C)cc(C)cc1C. The summed E-state index contributed by atoms with van der Waals surface area (Å²) in [6.45, 7) is 6.60. The molecule has 0 spiro atoms. The standard InChI is InChI=1S/C28H25ClN2O5S/c1-16-11-17(2)22(18(3)12-16)15-35-23-10-5-19(13-24(23)34-4)14-25(27(32)33)37-28-31-30-26(36-28)20-6-8-21(29)9-7-20/h5-14H,15H2,1-4H3,(H,32,33)/b25-14-. The van der Waals surface area contributed by atoms with E-state index < -0.39 is 5.97 Å². The molecule has 0 aliphatic carbocycles. The van der Waals surface area contributed by atoms with Gasteiger partial charge in [-0.1, -0.05) is 35.4 Å². The van der Waals surface area contributed by atoms with E-state index in [1.807, 2.05) is 0 Å². The molecular formula is C28H25ClN2O5S. The Balaban J connectivity index is 1.52. The second kappa shape index (κ2) is 11.5. The number of hydrogen-bond acceptors (Lipinski definition) is 7. The number of halogens is 1. The van der Waals surface area contributed by atoms with Gasteiger partial charge in [0.2, 0.25) is 5.89 Å². The summed E-state index contributed by atoms with van der Waals surface area (Å²) < 4.78 is 17.2. The minimum Gasteiger partial charge on any atom is -0.493 e. The molecule has 9 heteroatoms. The van der Waals surface area contributed by atoms with Crippen molar-refractivity contribution in [2.45, 2.75) is 32.6 Å². The van der Waals surface area contributed by atoms with E-state index in [4.69, 9.17) is 25.5 Å². The highest BCUT2D eigenvalue weighted by Crippen LogP contribution is 2.34. The van der Waals surface area contributed by atoms with E-state index in [1.54, 1.807) is 49.6 Å². The van der Waals surface area contributed by atoms with E-state index in [0.717, 1.165) is 17.3 Å². The molecule has 4 aromatic rings. The summed E-state index contributed by atoms with van der Waals surface area (Å²) in [5.41, 5.74) is 5.97. The summed E-state index contributed by atoms with van der Waals surface area (Å²) in [4.78, 5) is 11.9. The van der Waals surface area contributed by atoms with Gasteiger partial charge in [-0.15, -0.1) is 10.2 Å². The first-order valence-electron chi connectivity index (χ1n) is 11.3. The summed E-state index contributed by atoms with van der Waals surface area (Å²) in [6.07, 6.45) is 1.51. The van der Waals surface area contributed by atoms with Crippen LogP contribution < -0.4 is 9.47 Å². The molecule has 1 heterocycles. The molecule has 3 aromatic carbocycles. The van der Waals surface area contributed by atoms with Crippen LogP contribution >= 0.6 is 23.4 Å². The lowest BCUT2D eigenvalue weighted by Crippen LogP contribution is -2.03. The van der Waals surface area contributed by atoms with Crippen LogP contribution in [0.15, 0.2) is 69.1 Å². The maximum atomic E-state index is 11.9. The van der Waals surface area contributed by atoms with Crippen LogP contribution in [0.4, 0.5) is 0 Å². The molecule has 0 aliphatic heterocycles. The van der Waals surface area contributed by atoms with Gasteiger partial charge in [0, 0.05) is 10.6 Å². The van der Waals surface area contributed by atoms with Crippen molar-refractivity contribution in [3.8, 4) is 23.0 Å². The number of aryl methyl sites for hydroxylation is 3.